The first-order valence-corrected chi connectivity index (χ1v) is 8.93. The number of hydrogen-bond acceptors (Lipinski definition) is 6. The first-order valence-electron chi connectivity index (χ1n) is 8.93. The lowest BCUT2D eigenvalue weighted by molar-refractivity contribution is -0.384. The second-order valence-corrected chi connectivity index (χ2v) is 7.70. The van der Waals surface area contributed by atoms with E-state index in [0.717, 1.165) is 24.3 Å². The quantitative estimate of drug-likeness (QED) is 0.483. The molecule has 2 aromatic heterocycles. The Labute approximate surface area is 174 Å². The number of nitrogens with zero attached hydrogens (tertiary/aromatic N) is 4. The van der Waals surface area contributed by atoms with Gasteiger partial charge in [0.25, 0.3) is 11.6 Å². The average molecular weight is 437 g/mol. The van der Waals surface area contributed by atoms with Gasteiger partial charge in [0.15, 0.2) is 11.3 Å². The molecule has 1 N–H and O–H groups in total. The highest BCUT2D eigenvalue weighted by Crippen LogP contribution is 2.33. The van der Waals surface area contributed by atoms with E-state index in [2.05, 4.69) is 15.4 Å². The van der Waals surface area contributed by atoms with E-state index in [4.69, 9.17) is 4.74 Å². The summed E-state index contributed by atoms with van der Waals surface area (Å²) in [6, 6.07) is 5.60. The van der Waals surface area contributed by atoms with E-state index < -0.39 is 28.1 Å². The van der Waals surface area contributed by atoms with Crippen LogP contribution >= 0.6 is 0 Å². The molecule has 12 heteroatoms. The van der Waals surface area contributed by atoms with Gasteiger partial charge in [0.2, 0.25) is 0 Å². The Morgan fingerprint density at radius 1 is 1.16 bits per heavy atom. The lowest BCUT2D eigenvalue weighted by Gasteiger charge is -2.19. The number of nitrogens with one attached hydrogen (secondary N) is 1. The topological polar surface area (TPSA) is 112 Å². The van der Waals surface area contributed by atoms with Gasteiger partial charge < -0.3 is 10.1 Å². The Hall–Kier alpha value is -3.70. The van der Waals surface area contributed by atoms with Gasteiger partial charge in [-0.15, -0.1) is 0 Å². The van der Waals surface area contributed by atoms with Gasteiger partial charge in [-0.2, -0.15) is 18.3 Å². The molecule has 0 saturated heterocycles. The summed E-state index contributed by atoms with van der Waals surface area (Å²) in [7, 11) is 1.30. The van der Waals surface area contributed by atoms with Gasteiger partial charge in [0.05, 0.1) is 29.5 Å². The van der Waals surface area contributed by atoms with Crippen molar-refractivity contribution in [3.63, 3.8) is 0 Å². The SMILES string of the molecule is COc1cc(NC(=O)c2cc3nc(C(C)(C)C)cc(C(F)(F)F)n3n2)cc([N+](=O)[O-])c1. The number of methoxy groups -OCH3 is 1. The predicted molar refractivity (Wildman–Crippen MR) is 104 cm³/mol. The van der Waals surface area contributed by atoms with Crippen LogP contribution in [0, 0.1) is 10.1 Å². The number of benzene rings is 1. The molecule has 31 heavy (non-hydrogen) atoms. The Morgan fingerprint density at radius 2 is 1.84 bits per heavy atom. The van der Waals surface area contributed by atoms with Crippen molar-refractivity contribution < 1.29 is 27.6 Å². The molecule has 1 amide bonds. The number of amides is 1. The van der Waals surface area contributed by atoms with E-state index >= 15 is 0 Å². The average Bonchev–Trinajstić information content (AvgIpc) is 3.09. The van der Waals surface area contributed by atoms with Crippen molar-refractivity contribution in [1.82, 2.24) is 14.6 Å². The van der Waals surface area contributed by atoms with Crippen molar-refractivity contribution in [3.05, 3.63) is 57.5 Å². The first-order chi connectivity index (χ1) is 14.3. The molecule has 3 aromatic rings. The van der Waals surface area contributed by atoms with Gasteiger partial charge in [-0.25, -0.2) is 9.50 Å². The number of halogens is 3. The maximum atomic E-state index is 13.6. The van der Waals surface area contributed by atoms with E-state index in [9.17, 15) is 28.1 Å². The lowest BCUT2D eigenvalue weighted by Crippen LogP contribution is -2.20. The van der Waals surface area contributed by atoms with Crippen LogP contribution in [0.1, 0.15) is 42.6 Å². The molecule has 3 rings (SSSR count). The monoisotopic (exact) mass is 437 g/mol. The highest BCUT2D eigenvalue weighted by molar-refractivity contribution is 6.03. The third-order valence-corrected chi connectivity index (χ3v) is 4.31. The second kappa shape index (κ2) is 7.52. The minimum Gasteiger partial charge on any atom is -0.496 e. The normalized spacial score (nSPS) is 12.1. The smallest absolute Gasteiger partial charge is 0.433 e. The molecule has 0 unspecified atom stereocenters. The summed E-state index contributed by atoms with van der Waals surface area (Å²) in [5.74, 6) is -0.742. The van der Waals surface area contributed by atoms with Crippen molar-refractivity contribution in [2.75, 3.05) is 12.4 Å². The van der Waals surface area contributed by atoms with Crippen LogP contribution in [0.15, 0.2) is 30.3 Å². The number of hydrogen-bond donors (Lipinski definition) is 1. The van der Waals surface area contributed by atoms with Crippen LogP contribution in [0.5, 0.6) is 5.75 Å². The molecule has 2 heterocycles. The predicted octanol–water partition coefficient (Wildman–Crippen LogP) is 4.21. The van der Waals surface area contributed by atoms with Gasteiger partial charge in [0.1, 0.15) is 11.4 Å². The van der Waals surface area contributed by atoms with Crippen LogP contribution in [0.3, 0.4) is 0 Å². The molecule has 0 spiro atoms. The summed E-state index contributed by atoms with van der Waals surface area (Å²) >= 11 is 0. The van der Waals surface area contributed by atoms with Crippen LogP contribution in [0.2, 0.25) is 0 Å². The molecule has 0 fully saturated rings. The van der Waals surface area contributed by atoms with Crippen LogP contribution in [0.25, 0.3) is 5.65 Å². The Bertz CT molecular complexity index is 1180. The summed E-state index contributed by atoms with van der Waals surface area (Å²) in [6.45, 7) is 5.14. The van der Waals surface area contributed by atoms with E-state index in [1.807, 2.05) is 0 Å². The number of non-ortho nitro benzene ring substituents is 1. The van der Waals surface area contributed by atoms with Crippen molar-refractivity contribution in [1.29, 1.82) is 0 Å². The van der Waals surface area contributed by atoms with Gasteiger partial charge in [-0.1, -0.05) is 20.8 Å². The summed E-state index contributed by atoms with van der Waals surface area (Å²) < 4.78 is 46.3. The zero-order valence-electron chi connectivity index (χ0n) is 16.9. The minimum absolute atomic E-state index is 0.0208. The summed E-state index contributed by atoms with van der Waals surface area (Å²) in [4.78, 5) is 27.2. The van der Waals surface area contributed by atoms with Crippen LogP contribution in [-0.4, -0.2) is 32.5 Å². The summed E-state index contributed by atoms with van der Waals surface area (Å²) in [5, 5.41) is 17.2. The van der Waals surface area contributed by atoms with Crippen LogP contribution < -0.4 is 10.1 Å². The molecule has 0 aliphatic heterocycles. The Balaban J connectivity index is 2.05. The molecular weight excluding hydrogens is 419 g/mol. The number of nitro groups is 1. The number of aromatic nitrogens is 3. The molecule has 0 radical (unpaired) electrons. The third-order valence-electron chi connectivity index (χ3n) is 4.31. The number of carbonyl (C=O) groups excluding carboxylic acids is 1. The minimum atomic E-state index is -4.73. The van der Waals surface area contributed by atoms with Crippen molar-refractivity contribution in [2.45, 2.75) is 32.4 Å². The third kappa shape index (κ3) is 4.57. The Morgan fingerprint density at radius 3 is 2.39 bits per heavy atom. The molecule has 0 saturated carbocycles. The van der Waals surface area contributed by atoms with Gasteiger partial charge in [-0.3, -0.25) is 14.9 Å². The maximum absolute atomic E-state index is 13.6. The number of alkyl halides is 3. The van der Waals surface area contributed by atoms with E-state index in [1.54, 1.807) is 20.8 Å². The van der Waals surface area contributed by atoms with Gasteiger partial charge in [-0.05, 0) is 6.07 Å². The van der Waals surface area contributed by atoms with Crippen LogP contribution in [0.4, 0.5) is 24.5 Å². The van der Waals surface area contributed by atoms with Gasteiger partial charge in [0, 0.05) is 23.6 Å². The van der Waals surface area contributed by atoms with Crippen LogP contribution in [-0.2, 0) is 11.6 Å². The fraction of sp³-hybridized carbons (Fsp3) is 0.316. The number of ether oxygens (including phenoxy) is 1. The lowest BCUT2D eigenvalue weighted by atomic mass is 9.91. The molecule has 0 aliphatic carbocycles. The molecule has 9 nitrogen and oxygen atoms in total. The standard InChI is InChI=1S/C19H18F3N5O4/c1-18(2,3)14-9-15(19(20,21)22)26-16(24-14)8-13(25-26)17(28)23-10-5-11(27(29)30)7-12(6-10)31-4/h5-9H,1-4H3,(H,23,28). The van der Waals surface area contributed by atoms with Crippen molar-refractivity contribution >= 4 is 22.9 Å². The summed E-state index contributed by atoms with van der Waals surface area (Å²) in [5.41, 5.74) is -2.36. The molecule has 1 aromatic carbocycles. The van der Waals surface area contributed by atoms with E-state index in [1.165, 1.54) is 13.2 Å². The van der Waals surface area contributed by atoms with Crippen molar-refractivity contribution in [3.8, 4) is 5.75 Å². The fourth-order valence-electron chi connectivity index (χ4n) is 2.75. The Kier molecular flexibility index (Phi) is 5.34. The zero-order valence-corrected chi connectivity index (χ0v) is 16.9. The maximum Gasteiger partial charge on any atom is 0.433 e. The molecule has 164 valence electrons. The number of carbonyl (C=O) groups is 1. The van der Waals surface area contributed by atoms with E-state index in [0.29, 0.717) is 4.52 Å². The first kappa shape index (κ1) is 22.0. The fourth-order valence-corrected chi connectivity index (χ4v) is 2.75. The zero-order chi connectivity index (χ0) is 23.1. The summed E-state index contributed by atoms with van der Waals surface area (Å²) in [6.07, 6.45) is -4.73. The van der Waals surface area contributed by atoms with Gasteiger partial charge >= 0.3 is 6.18 Å². The molecule has 0 aliphatic rings. The number of fused-ring (bicyclic) bond motifs is 1. The molecule has 0 atom stereocenters. The molecule has 0 bridgehead atoms. The second-order valence-electron chi connectivity index (χ2n) is 7.70. The number of rotatable bonds is 4. The van der Waals surface area contributed by atoms with Crippen molar-refractivity contribution in [2.24, 2.45) is 0 Å². The largest absolute Gasteiger partial charge is 0.496 e. The number of nitro benzene ring substituents is 1. The molecular formula is C19H18F3N5O4. The van der Waals surface area contributed by atoms with E-state index in [-0.39, 0.29) is 34.2 Å². The highest BCUT2D eigenvalue weighted by atomic mass is 19.4. The number of anilines is 1. The highest BCUT2D eigenvalue weighted by Gasteiger charge is 2.36.